The van der Waals surface area contributed by atoms with Gasteiger partial charge in [-0.05, 0) is 59.0 Å². The average Bonchev–Trinajstić information content (AvgIpc) is 2.79. The topological polar surface area (TPSA) is 81.9 Å². The summed E-state index contributed by atoms with van der Waals surface area (Å²) in [5.41, 5.74) is 12.1. The van der Waals surface area contributed by atoms with Crippen LogP contribution in [0.15, 0.2) is 36.1 Å². The Labute approximate surface area is 210 Å². The zero-order valence-electron chi connectivity index (χ0n) is 23.4. The van der Waals surface area contributed by atoms with E-state index in [1.54, 1.807) is 12.1 Å². The lowest BCUT2D eigenvalue weighted by atomic mass is 10.0. The molecule has 0 radical (unpaired) electrons. The van der Waals surface area contributed by atoms with Crippen LogP contribution >= 0.6 is 0 Å². The maximum Gasteiger partial charge on any atom is 0.240 e. The minimum atomic E-state index is -0.564. The van der Waals surface area contributed by atoms with Crippen molar-refractivity contribution in [1.29, 1.82) is 0 Å². The van der Waals surface area contributed by atoms with Crippen molar-refractivity contribution in [2.75, 3.05) is 33.7 Å². The maximum atomic E-state index is 13.0. The number of likely N-dealkylation sites (N-methyl/N-ethyl adjacent to an activating group) is 2. The number of nitrogens with two attached hydrogens (primary N) is 1. The monoisotopic (exact) mass is 479 g/mol. The van der Waals surface area contributed by atoms with Crippen LogP contribution in [0.3, 0.4) is 0 Å². The zero-order valence-corrected chi connectivity index (χ0v) is 23.4. The summed E-state index contributed by atoms with van der Waals surface area (Å²) in [4.78, 5) is 28.4. The molecule has 0 saturated carbocycles. The number of hydrazine groups is 1. The predicted octanol–water partition coefficient (Wildman–Crippen LogP) is 4.33. The molecule has 0 aromatic heterocycles. The van der Waals surface area contributed by atoms with Crippen molar-refractivity contribution in [3.63, 3.8) is 0 Å². The van der Waals surface area contributed by atoms with Gasteiger partial charge in [-0.15, -0.1) is 0 Å². The van der Waals surface area contributed by atoms with Gasteiger partial charge in [0, 0.05) is 19.8 Å². The van der Waals surface area contributed by atoms with Crippen molar-refractivity contribution >= 4 is 12.2 Å². The molecule has 34 heavy (non-hydrogen) atoms. The van der Waals surface area contributed by atoms with Gasteiger partial charge in [-0.1, -0.05) is 64.5 Å². The first-order chi connectivity index (χ1) is 16.1. The molecule has 0 fully saturated rings. The Morgan fingerprint density at radius 1 is 1.09 bits per heavy atom. The number of allylic oxidation sites excluding steroid dienone is 4. The molecule has 198 valence electrons. The molecule has 0 aromatic carbocycles. The van der Waals surface area contributed by atoms with E-state index in [-0.39, 0.29) is 18.4 Å². The molecule has 7 heteroatoms. The molecule has 0 aromatic rings. The van der Waals surface area contributed by atoms with Crippen molar-refractivity contribution in [1.82, 2.24) is 20.2 Å². The van der Waals surface area contributed by atoms with Gasteiger partial charge in [0.25, 0.3) is 0 Å². The summed E-state index contributed by atoms with van der Waals surface area (Å²) >= 11 is 0. The minimum Gasteiger partial charge on any atom is -0.327 e. The van der Waals surface area contributed by atoms with Crippen LogP contribution in [0.5, 0.6) is 0 Å². The van der Waals surface area contributed by atoms with E-state index in [0.717, 1.165) is 38.5 Å². The average molecular weight is 480 g/mol. The van der Waals surface area contributed by atoms with Crippen LogP contribution < -0.4 is 11.2 Å². The molecule has 3 N–H and O–H groups in total. The summed E-state index contributed by atoms with van der Waals surface area (Å²) in [5, 5.41) is 1.62. The summed E-state index contributed by atoms with van der Waals surface area (Å²) in [5.74, 6) is -0.213. The van der Waals surface area contributed by atoms with Gasteiger partial charge >= 0.3 is 0 Å². The molecule has 2 atom stereocenters. The van der Waals surface area contributed by atoms with E-state index in [0.29, 0.717) is 6.54 Å². The molecular weight excluding hydrogens is 426 g/mol. The Kier molecular flexibility index (Phi) is 20.5. The number of rotatable bonds is 17. The second-order valence-electron chi connectivity index (χ2n) is 9.03. The number of nitrogens with one attached hydrogen (secondary N) is 1. The Balaban J connectivity index is 0. The minimum absolute atomic E-state index is 0.0226. The fraction of sp³-hybridized carbons (Fsp3) is 0.704. The summed E-state index contributed by atoms with van der Waals surface area (Å²) in [6, 6.07) is -0.560. The van der Waals surface area contributed by atoms with Crippen LogP contribution in [0.1, 0.15) is 74.1 Å². The van der Waals surface area contributed by atoms with Gasteiger partial charge in [-0.3, -0.25) is 4.79 Å². The van der Waals surface area contributed by atoms with Crippen LogP contribution in [-0.4, -0.2) is 72.9 Å². The molecule has 7 nitrogen and oxygen atoms in total. The number of hydrogen-bond acceptors (Lipinski definition) is 6. The number of aldehydes is 1. The van der Waals surface area contributed by atoms with Gasteiger partial charge in [0.15, 0.2) is 0 Å². The van der Waals surface area contributed by atoms with E-state index in [9.17, 15) is 9.59 Å². The SMILES string of the molecule is C=CNN(C)CC(=O)N(C(N)CN(C)CCCC/C(C)=C/C=C(/C)CC)C(C=O)C(C)C.CC. The normalized spacial score (nSPS) is 13.9. The van der Waals surface area contributed by atoms with Crippen molar-refractivity contribution in [2.45, 2.75) is 86.4 Å². The molecule has 0 saturated heterocycles. The highest BCUT2D eigenvalue weighted by molar-refractivity contribution is 5.82. The van der Waals surface area contributed by atoms with Gasteiger partial charge < -0.3 is 25.8 Å². The van der Waals surface area contributed by atoms with E-state index in [2.05, 4.69) is 49.8 Å². The van der Waals surface area contributed by atoms with Gasteiger partial charge in [0.1, 0.15) is 6.29 Å². The summed E-state index contributed by atoms with van der Waals surface area (Å²) in [6.45, 7) is 19.4. The van der Waals surface area contributed by atoms with E-state index >= 15 is 0 Å². The van der Waals surface area contributed by atoms with Gasteiger partial charge in [-0.25, -0.2) is 5.01 Å². The number of amides is 1. The second kappa shape index (κ2) is 20.4. The molecule has 2 unspecified atom stereocenters. The number of carbonyl (C=O) groups excluding carboxylic acids is 2. The number of nitrogens with zero attached hydrogens (tertiary/aromatic N) is 3. The van der Waals surface area contributed by atoms with Gasteiger partial charge in [-0.2, -0.15) is 0 Å². The molecular formula is C27H53N5O2. The van der Waals surface area contributed by atoms with Crippen molar-refractivity contribution in [3.8, 4) is 0 Å². The van der Waals surface area contributed by atoms with Crippen LogP contribution in [0.4, 0.5) is 0 Å². The van der Waals surface area contributed by atoms with Crippen LogP contribution in [0.25, 0.3) is 0 Å². The molecule has 0 heterocycles. The Morgan fingerprint density at radius 2 is 1.68 bits per heavy atom. The Morgan fingerprint density at radius 3 is 2.18 bits per heavy atom. The molecule has 0 aliphatic rings. The molecule has 1 amide bonds. The standard InChI is InChI=1S/C25H47N5O2.C2H6/c1-9-21(5)14-15-22(6)13-11-12-16-28(7)17-24(26)30(23(19-31)20(3)4)25(32)18-29(8)27-10-2;1-2/h10,14-15,19-20,23-24,27H,2,9,11-13,16-18,26H2,1,3-8H3;1-2H3/b21-14-,22-15+;. The Bertz CT molecular complexity index is 631. The highest BCUT2D eigenvalue weighted by Gasteiger charge is 2.31. The van der Waals surface area contributed by atoms with Crippen molar-refractivity contribution in [2.24, 2.45) is 11.7 Å². The lowest BCUT2D eigenvalue weighted by molar-refractivity contribution is -0.142. The largest absolute Gasteiger partial charge is 0.327 e. The lowest BCUT2D eigenvalue weighted by Crippen LogP contribution is -2.59. The van der Waals surface area contributed by atoms with Crippen LogP contribution in [-0.2, 0) is 9.59 Å². The quantitative estimate of drug-likeness (QED) is 0.106. The number of unbranched alkanes of at least 4 members (excludes halogenated alkanes) is 1. The molecule has 0 aliphatic carbocycles. The van der Waals surface area contributed by atoms with E-state index < -0.39 is 12.2 Å². The smallest absolute Gasteiger partial charge is 0.240 e. The summed E-state index contributed by atoms with van der Waals surface area (Å²) in [6.07, 6.45) is 10.5. The van der Waals surface area contributed by atoms with E-state index in [1.165, 1.54) is 22.2 Å². The summed E-state index contributed by atoms with van der Waals surface area (Å²) in [7, 11) is 3.76. The fourth-order valence-corrected chi connectivity index (χ4v) is 3.37. The molecule has 0 spiro atoms. The molecule has 0 aliphatic heterocycles. The predicted molar refractivity (Wildman–Crippen MR) is 146 cm³/mol. The number of hydrogen-bond donors (Lipinski definition) is 2. The Hall–Kier alpha value is -1.96. The van der Waals surface area contributed by atoms with Crippen LogP contribution in [0.2, 0.25) is 0 Å². The molecule has 0 rings (SSSR count). The van der Waals surface area contributed by atoms with Crippen molar-refractivity contribution < 1.29 is 9.59 Å². The third kappa shape index (κ3) is 15.0. The van der Waals surface area contributed by atoms with Gasteiger partial charge in [0.2, 0.25) is 5.91 Å². The second-order valence-corrected chi connectivity index (χ2v) is 9.03. The first-order valence-corrected chi connectivity index (χ1v) is 12.7. The highest BCUT2D eigenvalue weighted by atomic mass is 16.2. The summed E-state index contributed by atoms with van der Waals surface area (Å²) < 4.78 is 0. The third-order valence-corrected chi connectivity index (χ3v) is 5.54. The molecule has 0 bridgehead atoms. The highest BCUT2D eigenvalue weighted by Crippen LogP contribution is 2.13. The van der Waals surface area contributed by atoms with E-state index in [1.807, 2.05) is 34.7 Å². The fourth-order valence-electron chi connectivity index (χ4n) is 3.37. The lowest BCUT2D eigenvalue weighted by Gasteiger charge is -2.38. The third-order valence-electron chi connectivity index (χ3n) is 5.54. The maximum absolute atomic E-state index is 13.0. The zero-order chi connectivity index (χ0) is 26.7. The first kappa shape index (κ1) is 34.2. The first-order valence-electron chi connectivity index (χ1n) is 12.7. The number of carbonyl (C=O) groups is 2. The van der Waals surface area contributed by atoms with E-state index in [4.69, 9.17) is 5.73 Å². The van der Waals surface area contributed by atoms with Crippen LogP contribution in [0, 0.1) is 5.92 Å². The van der Waals surface area contributed by atoms with Gasteiger partial charge in [0.05, 0.1) is 18.8 Å². The van der Waals surface area contributed by atoms with Crippen molar-refractivity contribution in [3.05, 3.63) is 36.1 Å².